The number of carboxylic acids is 1. The number of carbonyl (C=O) groups excluding carboxylic acids is 2. The minimum Gasteiger partial charge on any atom is -0.481 e. The van der Waals surface area contributed by atoms with Crippen LogP contribution < -0.4 is 5.32 Å². The summed E-state index contributed by atoms with van der Waals surface area (Å²) >= 11 is 0. The molecular formula is C28H32N2O5. The summed E-state index contributed by atoms with van der Waals surface area (Å²) in [5, 5.41) is 12.6. The lowest BCUT2D eigenvalue weighted by molar-refractivity contribution is -0.149. The van der Waals surface area contributed by atoms with Crippen LogP contribution in [0.15, 0.2) is 48.5 Å². The second-order valence-corrected chi connectivity index (χ2v) is 10.5. The maximum atomic E-state index is 13.3. The number of amides is 2. The van der Waals surface area contributed by atoms with Crippen molar-refractivity contribution < 1.29 is 24.2 Å². The smallest absolute Gasteiger partial charge is 0.407 e. The quantitative estimate of drug-likeness (QED) is 0.672. The Hall–Kier alpha value is -3.35. The molecule has 1 saturated heterocycles. The van der Waals surface area contributed by atoms with Crippen LogP contribution in [0.2, 0.25) is 0 Å². The summed E-state index contributed by atoms with van der Waals surface area (Å²) in [4.78, 5) is 39.5. The van der Waals surface area contributed by atoms with Gasteiger partial charge >= 0.3 is 12.1 Å². The molecule has 0 radical (unpaired) electrons. The van der Waals surface area contributed by atoms with E-state index in [0.29, 0.717) is 19.4 Å². The maximum Gasteiger partial charge on any atom is 0.407 e. The monoisotopic (exact) mass is 476 g/mol. The van der Waals surface area contributed by atoms with E-state index in [1.807, 2.05) is 31.2 Å². The van der Waals surface area contributed by atoms with Gasteiger partial charge in [-0.25, -0.2) is 4.79 Å². The van der Waals surface area contributed by atoms with E-state index >= 15 is 0 Å². The number of rotatable bonds is 5. The molecule has 35 heavy (non-hydrogen) atoms. The van der Waals surface area contributed by atoms with E-state index in [9.17, 15) is 19.5 Å². The summed E-state index contributed by atoms with van der Waals surface area (Å²) in [6, 6.07) is 16.1. The molecule has 4 unspecified atom stereocenters. The zero-order valence-electron chi connectivity index (χ0n) is 20.2. The van der Waals surface area contributed by atoms with E-state index < -0.39 is 17.5 Å². The number of fused-ring (bicyclic) bond motifs is 3. The van der Waals surface area contributed by atoms with Crippen molar-refractivity contribution in [2.24, 2.45) is 17.3 Å². The van der Waals surface area contributed by atoms with E-state index in [1.54, 1.807) is 11.8 Å². The summed E-state index contributed by atoms with van der Waals surface area (Å²) in [6.07, 6.45) is 1.72. The maximum absolute atomic E-state index is 13.3. The van der Waals surface area contributed by atoms with Crippen LogP contribution >= 0.6 is 0 Å². The Bertz CT molecular complexity index is 1120. The summed E-state index contributed by atoms with van der Waals surface area (Å²) in [5.41, 5.74) is 3.71. The second kappa shape index (κ2) is 9.02. The summed E-state index contributed by atoms with van der Waals surface area (Å²) < 4.78 is 5.68. The first kappa shape index (κ1) is 23.4. The molecule has 7 heteroatoms. The highest BCUT2D eigenvalue weighted by molar-refractivity contribution is 5.84. The van der Waals surface area contributed by atoms with E-state index in [0.717, 1.165) is 17.5 Å². The van der Waals surface area contributed by atoms with Crippen molar-refractivity contribution in [2.75, 3.05) is 19.7 Å². The zero-order chi connectivity index (χ0) is 24.7. The van der Waals surface area contributed by atoms with Gasteiger partial charge in [0.1, 0.15) is 6.61 Å². The predicted octanol–water partition coefficient (Wildman–Crippen LogP) is 4.26. The summed E-state index contributed by atoms with van der Waals surface area (Å²) in [6.45, 7) is 4.44. The number of ether oxygens (including phenoxy) is 1. The Morgan fingerprint density at radius 3 is 2.29 bits per heavy atom. The van der Waals surface area contributed by atoms with Gasteiger partial charge in [-0.05, 0) is 47.9 Å². The van der Waals surface area contributed by atoms with Crippen molar-refractivity contribution >= 4 is 18.0 Å². The van der Waals surface area contributed by atoms with Gasteiger partial charge in [0.05, 0.1) is 11.3 Å². The normalized spacial score (nSPS) is 27.4. The number of hydrogen-bond acceptors (Lipinski definition) is 4. The van der Waals surface area contributed by atoms with Gasteiger partial charge < -0.3 is 20.1 Å². The molecule has 2 aliphatic carbocycles. The summed E-state index contributed by atoms with van der Waals surface area (Å²) in [5.74, 6) is -1.44. The first-order chi connectivity index (χ1) is 16.8. The molecular weight excluding hydrogens is 444 g/mol. The van der Waals surface area contributed by atoms with E-state index in [4.69, 9.17) is 4.74 Å². The highest BCUT2D eigenvalue weighted by atomic mass is 16.5. The minimum absolute atomic E-state index is 0.0195. The molecule has 0 spiro atoms. The summed E-state index contributed by atoms with van der Waals surface area (Å²) in [7, 11) is 0. The molecule has 1 aliphatic heterocycles. The molecule has 2 aromatic carbocycles. The highest BCUT2D eigenvalue weighted by Crippen LogP contribution is 2.44. The molecule has 3 aliphatic rings. The molecule has 184 valence electrons. The molecule has 4 atom stereocenters. The van der Waals surface area contributed by atoms with Gasteiger partial charge in [0.25, 0.3) is 0 Å². The Balaban J connectivity index is 1.21. The Morgan fingerprint density at radius 2 is 1.69 bits per heavy atom. The van der Waals surface area contributed by atoms with E-state index in [1.165, 1.54) is 11.1 Å². The number of benzene rings is 2. The number of hydrogen-bond donors (Lipinski definition) is 2. The van der Waals surface area contributed by atoms with Crippen molar-refractivity contribution in [1.29, 1.82) is 0 Å². The minimum atomic E-state index is -0.940. The van der Waals surface area contributed by atoms with Crippen LogP contribution in [0.3, 0.4) is 0 Å². The number of nitrogens with zero attached hydrogens (tertiary/aromatic N) is 1. The van der Waals surface area contributed by atoms with Crippen molar-refractivity contribution in [1.82, 2.24) is 10.2 Å². The second-order valence-electron chi connectivity index (χ2n) is 10.5. The number of carboxylic acid groups (broad SMARTS) is 1. The van der Waals surface area contributed by atoms with Crippen LogP contribution in [-0.4, -0.2) is 53.7 Å². The van der Waals surface area contributed by atoms with Crippen molar-refractivity contribution in [3.63, 3.8) is 0 Å². The molecule has 5 rings (SSSR count). The molecule has 7 nitrogen and oxygen atoms in total. The van der Waals surface area contributed by atoms with Gasteiger partial charge in [0.2, 0.25) is 5.91 Å². The number of alkyl carbamates (subject to hydrolysis) is 1. The third kappa shape index (κ3) is 4.07. The van der Waals surface area contributed by atoms with Crippen LogP contribution in [0.4, 0.5) is 4.79 Å². The Labute approximate surface area is 205 Å². The topological polar surface area (TPSA) is 95.9 Å². The molecule has 2 amide bonds. The number of aliphatic carboxylic acids is 1. The van der Waals surface area contributed by atoms with Crippen LogP contribution in [0.25, 0.3) is 11.1 Å². The van der Waals surface area contributed by atoms with Crippen molar-refractivity contribution in [3.05, 3.63) is 59.7 Å². The standard InChI is InChI=1S/C28H32N2O5/c1-17-14-30(16-28(17,2)26(32)33)25(31)22-12-7-13-24(22)29-27(34)35-15-23-20-10-5-3-8-18(20)19-9-4-6-11-21(19)23/h3-6,8-11,17,22-24H,7,12-16H2,1-2H3,(H,29,34)(H,32,33). The van der Waals surface area contributed by atoms with Crippen molar-refractivity contribution in [2.45, 2.75) is 45.1 Å². The average Bonchev–Trinajstić information content (AvgIpc) is 3.52. The largest absolute Gasteiger partial charge is 0.481 e. The molecule has 2 aromatic rings. The van der Waals surface area contributed by atoms with Gasteiger partial charge in [-0.2, -0.15) is 0 Å². The first-order valence-corrected chi connectivity index (χ1v) is 12.4. The molecule has 1 saturated carbocycles. The fraction of sp³-hybridized carbons (Fsp3) is 0.464. The van der Waals surface area contributed by atoms with Gasteiger partial charge in [0.15, 0.2) is 0 Å². The molecule has 0 aromatic heterocycles. The lowest BCUT2D eigenvalue weighted by Gasteiger charge is -2.26. The van der Waals surface area contributed by atoms with Gasteiger partial charge in [0, 0.05) is 25.0 Å². The Morgan fingerprint density at radius 1 is 1.06 bits per heavy atom. The van der Waals surface area contributed by atoms with Crippen LogP contribution in [0.5, 0.6) is 0 Å². The lowest BCUT2D eigenvalue weighted by atomic mass is 9.81. The lowest BCUT2D eigenvalue weighted by Crippen LogP contribution is -2.46. The number of likely N-dealkylation sites (tertiary alicyclic amines) is 1. The average molecular weight is 477 g/mol. The molecule has 2 fully saturated rings. The van der Waals surface area contributed by atoms with E-state index in [2.05, 4.69) is 29.6 Å². The fourth-order valence-corrected chi connectivity index (χ4v) is 6.05. The van der Waals surface area contributed by atoms with Crippen LogP contribution in [-0.2, 0) is 14.3 Å². The van der Waals surface area contributed by atoms with Crippen LogP contribution in [0, 0.1) is 17.3 Å². The third-order valence-electron chi connectivity index (χ3n) is 8.38. The van der Waals surface area contributed by atoms with Crippen molar-refractivity contribution in [3.8, 4) is 11.1 Å². The number of nitrogens with one attached hydrogen (secondary N) is 1. The molecule has 2 N–H and O–H groups in total. The number of carbonyl (C=O) groups is 3. The van der Waals surface area contributed by atoms with Gasteiger partial charge in [-0.3, -0.25) is 9.59 Å². The third-order valence-corrected chi connectivity index (χ3v) is 8.38. The van der Waals surface area contributed by atoms with Crippen LogP contribution in [0.1, 0.15) is 50.2 Å². The SMILES string of the molecule is CC1CN(C(=O)C2CCCC2NC(=O)OCC2c3ccccc3-c3ccccc32)CC1(C)C(=O)O. The highest BCUT2D eigenvalue weighted by Gasteiger charge is 2.49. The molecule has 1 heterocycles. The first-order valence-electron chi connectivity index (χ1n) is 12.4. The zero-order valence-corrected chi connectivity index (χ0v) is 20.2. The molecule has 0 bridgehead atoms. The van der Waals surface area contributed by atoms with Gasteiger partial charge in [-0.15, -0.1) is 0 Å². The van der Waals surface area contributed by atoms with Gasteiger partial charge in [-0.1, -0.05) is 61.9 Å². The predicted molar refractivity (Wildman–Crippen MR) is 131 cm³/mol. The Kier molecular flexibility index (Phi) is 6.03. The van der Waals surface area contributed by atoms with E-state index in [-0.39, 0.29) is 42.9 Å². The fourth-order valence-electron chi connectivity index (χ4n) is 6.05.